The SMILES string of the molecule is O=C(Cc1ccccc1)Nc1nnc(CCCCc2nnc(NC(=O)[C@H](O)c3ccccc3)s2)s1. The molecule has 2 heterocycles. The number of hydrogen-bond donors (Lipinski definition) is 3. The van der Waals surface area contributed by atoms with Crippen LogP contribution in [0.3, 0.4) is 0 Å². The van der Waals surface area contributed by atoms with Crippen molar-refractivity contribution < 1.29 is 14.7 Å². The van der Waals surface area contributed by atoms with E-state index in [1.165, 1.54) is 22.7 Å². The molecule has 0 radical (unpaired) electrons. The Morgan fingerprint density at radius 3 is 1.91 bits per heavy atom. The van der Waals surface area contributed by atoms with E-state index in [1.807, 2.05) is 36.4 Å². The summed E-state index contributed by atoms with van der Waals surface area (Å²) in [6.45, 7) is 0. The van der Waals surface area contributed by atoms with E-state index in [1.54, 1.807) is 24.3 Å². The predicted molar refractivity (Wildman–Crippen MR) is 135 cm³/mol. The number of anilines is 2. The van der Waals surface area contributed by atoms with Gasteiger partial charge in [-0.2, -0.15) is 0 Å². The first-order valence-electron chi connectivity index (χ1n) is 11.1. The number of aliphatic hydroxyl groups excluding tert-OH is 1. The van der Waals surface area contributed by atoms with E-state index in [0.29, 0.717) is 28.7 Å². The maximum atomic E-state index is 12.2. The van der Waals surface area contributed by atoms with Crippen LogP contribution in [0.2, 0.25) is 0 Å². The Bertz CT molecular complexity index is 1250. The Morgan fingerprint density at radius 2 is 1.31 bits per heavy atom. The minimum absolute atomic E-state index is 0.116. The number of carbonyl (C=O) groups excluding carboxylic acids is 2. The normalized spacial score (nSPS) is 11.7. The first-order chi connectivity index (χ1) is 17.1. The second-order valence-corrected chi connectivity index (χ2v) is 9.85. The van der Waals surface area contributed by atoms with Gasteiger partial charge in [0.05, 0.1) is 6.42 Å². The van der Waals surface area contributed by atoms with Gasteiger partial charge in [0, 0.05) is 12.8 Å². The molecule has 0 unspecified atom stereocenters. The van der Waals surface area contributed by atoms with Crippen LogP contribution in [-0.4, -0.2) is 37.3 Å². The van der Waals surface area contributed by atoms with Crippen LogP contribution < -0.4 is 10.6 Å². The lowest BCUT2D eigenvalue weighted by Crippen LogP contribution is -2.20. The zero-order valence-corrected chi connectivity index (χ0v) is 20.4. The fourth-order valence-corrected chi connectivity index (χ4v) is 4.85. The molecule has 0 saturated heterocycles. The smallest absolute Gasteiger partial charge is 0.259 e. The third-order valence-corrected chi connectivity index (χ3v) is 6.81. The molecule has 2 amide bonds. The van der Waals surface area contributed by atoms with Gasteiger partial charge in [0.1, 0.15) is 10.0 Å². The van der Waals surface area contributed by atoms with E-state index in [2.05, 4.69) is 31.0 Å². The molecule has 0 aliphatic rings. The Morgan fingerprint density at radius 1 is 0.771 bits per heavy atom. The summed E-state index contributed by atoms with van der Waals surface area (Å²) in [5, 5.41) is 34.4. The predicted octanol–water partition coefficient (Wildman–Crippen LogP) is 3.81. The summed E-state index contributed by atoms with van der Waals surface area (Å²) in [7, 11) is 0. The van der Waals surface area contributed by atoms with Crippen LogP contribution in [-0.2, 0) is 28.9 Å². The number of benzene rings is 2. The van der Waals surface area contributed by atoms with Crippen molar-refractivity contribution in [1.29, 1.82) is 0 Å². The number of nitrogens with zero attached hydrogens (tertiary/aromatic N) is 4. The zero-order chi connectivity index (χ0) is 24.5. The van der Waals surface area contributed by atoms with Crippen molar-refractivity contribution in [3.63, 3.8) is 0 Å². The lowest BCUT2D eigenvalue weighted by atomic mass is 10.1. The number of aryl methyl sites for hydroxylation is 2. The van der Waals surface area contributed by atoms with Gasteiger partial charge in [0.25, 0.3) is 5.91 Å². The summed E-state index contributed by atoms with van der Waals surface area (Å²) >= 11 is 2.67. The van der Waals surface area contributed by atoms with Gasteiger partial charge >= 0.3 is 0 Å². The topological polar surface area (TPSA) is 130 Å². The molecule has 0 bridgehead atoms. The van der Waals surface area contributed by atoms with Crippen LogP contribution in [0.5, 0.6) is 0 Å². The minimum atomic E-state index is -1.26. The highest BCUT2D eigenvalue weighted by atomic mass is 32.1. The molecule has 35 heavy (non-hydrogen) atoms. The summed E-state index contributed by atoms with van der Waals surface area (Å²) in [5.74, 6) is -0.656. The lowest BCUT2D eigenvalue weighted by Gasteiger charge is -2.09. The summed E-state index contributed by atoms with van der Waals surface area (Å²) < 4.78 is 0. The standard InChI is InChI=1S/C24H24N6O3S2/c31-18(15-16-9-3-1-4-10-16)25-23-29-27-19(34-23)13-7-8-14-20-28-30-24(35-20)26-22(33)21(32)17-11-5-2-6-12-17/h1-6,9-12,21,32H,7-8,13-15H2,(H,25,29,31)(H,26,30,33)/t21-/m1/s1. The van der Waals surface area contributed by atoms with E-state index < -0.39 is 12.0 Å². The molecule has 4 aromatic rings. The van der Waals surface area contributed by atoms with Gasteiger partial charge in [-0.15, -0.1) is 20.4 Å². The number of aromatic nitrogens is 4. The van der Waals surface area contributed by atoms with Gasteiger partial charge in [0.15, 0.2) is 6.10 Å². The maximum absolute atomic E-state index is 12.2. The van der Waals surface area contributed by atoms with Crippen molar-refractivity contribution in [3.05, 3.63) is 81.8 Å². The van der Waals surface area contributed by atoms with E-state index in [-0.39, 0.29) is 5.91 Å². The number of carbonyl (C=O) groups is 2. The lowest BCUT2D eigenvalue weighted by molar-refractivity contribution is -0.124. The van der Waals surface area contributed by atoms with Crippen molar-refractivity contribution in [2.45, 2.75) is 38.2 Å². The molecule has 0 saturated carbocycles. The average Bonchev–Trinajstić information content (AvgIpc) is 3.51. The van der Waals surface area contributed by atoms with Gasteiger partial charge in [-0.3, -0.25) is 14.9 Å². The average molecular weight is 509 g/mol. The number of unbranched alkanes of at least 4 members (excludes halogenated alkanes) is 1. The molecule has 0 spiro atoms. The Balaban J connectivity index is 1.16. The minimum Gasteiger partial charge on any atom is -0.378 e. The molecular formula is C24H24N6O3S2. The number of nitrogens with one attached hydrogen (secondary N) is 2. The molecule has 4 rings (SSSR count). The quantitative estimate of drug-likeness (QED) is 0.263. The molecule has 2 aromatic heterocycles. The maximum Gasteiger partial charge on any atom is 0.259 e. The second-order valence-electron chi connectivity index (χ2n) is 7.72. The van der Waals surface area contributed by atoms with Gasteiger partial charge in [-0.25, -0.2) is 0 Å². The first-order valence-corrected chi connectivity index (χ1v) is 12.7. The fourth-order valence-electron chi connectivity index (χ4n) is 3.27. The third-order valence-electron chi connectivity index (χ3n) is 5.01. The van der Waals surface area contributed by atoms with Crippen molar-refractivity contribution in [1.82, 2.24) is 20.4 Å². The van der Waals surface area contributed by atoms with Crippen LogP contribution in [0.1, 0.15) is 40.1 Å². The molecule has 9 nitrogen and oxygen atoms in total. The highest BCUT2D eigenvalue weighted by Gasteiger charge is 2.18. The fraction of sp³-hybridized carbons (Fsp3) is 0.250. The zero-order valence-electron chi connectivity index (χ0n) is 18.8. The number of amides is 2. The Kier molecular flexibility index (Phi) is 8.60. The summed E-state index contributed by atoms with van der Waals surface area (Å²) in [4.78, 5) is 24.4. The van der Waals surface area contributed by atoms with Gasteiger partial charge in [-0.05, 0) is 24.0 Å². The van der Waals surface area contributed by atoms with E-state index >= 15 is 0 Å². The number of hydrogen-bond acceptors (Lipinski definition) is 9. The first kappa shape index (κ1) is 24.6. The molecule has 1 atom stereocenters. The Hall–Kier alpha value is -3.54. The second kappa shape index (κ2) is 12.2. The van der Waals surface area contributed by atoms with Crippen LogP contribution in [0.15, 0.2) is 60.7 Å². The van der Waals surface area contributed by atoms with Crippen molar-refractivity contribution in [2.24, 2.45) is 0 Å². The molecule has 2 aromatic carbocycles. The highest BCUT2D eigenvalue weighted by molar-refractivity contribution is 7.15. The molecule has 0 aliphatic heterocycles. The van der Waals surface area contributed by atoms with Crippen LogP contribution >= 0.6 is 22.7 Å². The third kappa shape index (κ3) is 7.47. The van der Waals surface area contributed by atoms with Crippen molar-refractivity contribution in [3.8, 4) is 0 Å². The molecule has 0 fully saturated rings. The molecule has 11 heteroatoms. The van der Waals surface area contributed by atoms with E-state index in [0.717, 1.165) is 34.8 Å². The summed E-state index contributed by atoms with van der Waals surface area (Å²) in [6, 6.07) is 18.3. The van der Waals surface area contributed by atoms with E-state index in [4.69, 9.17) is 0 Å². The van der Waals surface area contributed by atoms with Crippen molar-refractivity contribution in [2.75, 3.05) is 10.6 Å². The van der Waals surface area contributed by atoms with Gasteiger partial charge < -0.3 is 10.4 Å². The van der Waals surface area contributed by atoms with Crippen LogP contribution in [0.25, 0.3) is 0 Å². The van der Waals surface area contributed by atoms with Gasteiger partial charge in [-0.1, -0.05) is 83.3 Å². The van der Waals surface area contributed by atoms with Crippen molar-refractivity contribution >= 4 is 44.8 Å². The Labute approximate surface area is 210 Å². The molecule has 180 valence electrons. The van der Waals surface area contributed by atoms with E-state index in [9.17, 15) is 14.7 Å². The van der Waals surface area contributed by atoms with Crippen LogP contribution in [0, 0.1) is 0 Å². The van der Waals surface area contributed by atoms with Crippen LogP contribution in [0.4, 0.5) is 10.3 Å². The number of rotatable bonds is 11. The molecule has 3 N–H and O–H groups in total. The largest absolute Gasteiger partial charge is 0.378 e. The summed E-state index contributed by atoms with van der Waals surface area (Å²) in [5.41, 5.74) is 1.46. The van der Waals surface area contributed by atoms with Gasteiger partial charge in [0.2, 0.25) is 16.2 Å². The monoisotopic (exact) mass is 508 g/mol. The summed E-state index contributed by atoms with van der Waals surface area (Å²) in [6.07, 6.45) is 2.24. The molecular weight excluding hydrogens is 484 g/mol. The number of aliphatic hydroxyl groups is 1. The highest BCUT2D eigenvalue weighted by Crippen LogP contribution is 2.22. The molecule has 0 aliphatic carbocycles.